The third-order valence-corrected chi connectivity index (χ3v) is 3.49. The van der Waals surface area contributed by atoms with Gasteiger partial charge in [0.2, 0.25) is 0 Å². The van der Waals surface area contributed by atoms with Crippen molar-refractivity contribution in [2.75, 3.05) is 6.54 Å². The third kappa shape index (κ3) is 4.56. The first-order valence-electron chi connectivity index (χ1n) is 6.58. The quantitative estimate of drug-likeness (QED) is 0.770. The molecule has 1 saturated carbocycles. The van der Waals surface area contributed by atoms with E-state index in [1.807, 2.05) is 0 Å². The normalized spacial score (nSPS) is 26.5. The maximum absolute atomic E-state index is 6.14. The summed E-state index contributed by atoms with van der Waals surface area (Å²) in [7, 11) is 0. The molecule has 0 aromatic heterocycles. The molecule has 16 heavy (non-hydrogen) atoms. The number of rotatable bonds is 4. The predicted octanol–water partition coefficient (Wildman–Crippen LogP) is 3.04. The molecule has 2 nitrogen and oxygen atoms in total. The van der Waals surface area contributed by atoms with Crippen molar-refractivity contribution in [1.82, 2.24) is 5.32 Å². The SMILES string of the molecule is C=C(NCCC(C)(C)C)C1CCCCC1N. The van der Waals surface area contributed by atoms with Crippen LogP contribution >= 0.6 is 0 Å². The van der Waals surface area contributed by atoms with Crippen LogP contribution in [0.25, 0.3) is 0 Å². The van der Waals surface area contributed by atoms with E-state index in [1.165, 1.54) is 25.7 Å². The minimum Gasteiger partial charge on any atom is -0.389 e. The summed E-state index contributed by atoms with van der Waals surface area (Å²) in [5.41, 5.74) is 7.69. The lowest BCUT2D eigenvalue weighted by molar-refractivity contribution is 0.324. The van der Waals surface area contributed by atoms with Crippen molar-refractivity contribution >= 4 is 0 Å². The molecule has 0 amide bonds. The van der Waals surface area contributed by atoms with Crippen LogP contribution in [-0.4, -0.2) is 12.6 Å². The number of hydrogen-bond acceptors (Lipinski definition) is 2. The molecule has 2 atom stereocenters. The van der Waals surface area contributed by atoms with Crippen molar-refractivity contribution in [3.63, 3.8) is 0 Å². The van der Waals surface area contributed by atoms with E-state index >= 15 is 0 Å². The van der Waals surface area contributed by atoms with Gasteiger partial charge in [-0.25, -0.2) is 0 Å². The van der Waals surface area contributed by atoms with E-state index in [9.17, 15) is 0 Å². The number of nitrogens with two attached hydrogens (primary N) is 1. The molecule has 1 aliphatic carbocycles. The molecule has 0 spiro atoms. The van der Waals surface area contributed by atoms with Gasteiger partial charge in [0.05, 0.1) is 0 Å². The largest absolute Gasteiger partial charge is 0.389 e. The van der Waals surface area contributed by atoms with Crippen molar-refractivity contribution < 1.29 is 0 Å². The molecule has 1 fully saturated rings. The lowest BCUT2D eigenvalue weighted by Crippen LogP contribution is -2.38. The van der Waals surface area contributed by atoms with E-state index in [4.69, 9.17) is 5.73 Å². The molecule has 0 heterocycles. The Hall–Kier alpha value is -0.500. The molecule has 0 aliphatic heterocycles. The highest BCUT2D eigenvalue weighted by atomic mass is 14.9. The Morgan fingerprint density at radius 2 is 1.94 bits per heavy atom. The van der Waals surface area contributed by atoms with Crippen LogP contribution in [0.5, 0.6) is 0 Å². The Labute approximate surface area is 101 Å². The van der Waals surface area contributed by atoms with E-state index in [1.54, 1.807) is 0 Å². The molecule has 0 aromatic rings. The molecule has 2 unspecified atom stereocenters. The smallest absolute Gasteiger partial charge is 0.0148 e. The second kappa shape index (κ2) is 5.72. The highest BCUT2D eigenvalue weighted by Gasteiger charge is 2.24. The zero-order valence-electron chi connectivity index (χ0n) is 11.2. The zero-order chi connectivity index (χ0) is 12.2. The van der Waals surface area contributed by atoms with Crippen LogP contribution in [0.3, 0.4) is 0 Å². The minimum absolute atomic E-state index is 0.323. The van der Waals surface area contributed by atoms with Crippen LogP contribution in [0.2, 0.25) is 0 Å². The van der Waals surface area contributed by atoms with Crippen molar-refractivity contribution in [3.05, 3.63) is 12.3 Å². The van der Waals surface area contributed by atoms with Crippen molar-refractivity contribution in [2.24, 2.45) is 17.1 Å². The molecule has 1 rings (SSSR count). The fourth-order valence-electron chi connectivity index (χ4n) is 2.32. The summed E-state index contributed by atoms with van der Waals surface area (Å²) in [5, 5.41) is 3.46. The Bertz CT molecular complexity index is 227. The van der Waals surface area contributed by atoms with Gasteiger partial charge in [-0.15, -0.1) is 0 Å². The average Bonchev–Trinajstić information content (AvgIpc) is 2.16. The first-order valence-corrected chi connectivity index (χ1v) is 6.58. The fourth-order valence-corrected chi connectivity index (χ4v) is 2.32. The van der Waals surface area contributed by atoms with Crippen LogP contribution in [-0.2, 0) is 0 Å². The summed E-state index contributed by atoms with van der Waals surface area (Å²) < 4.78 is 0. The number of nitrogens with one attached hydrogen (secondary N) is 1. The van der Waals surface area contributed by atoms with Gasteiger partial charge in [-0.2, -0.15) is 0 Å². The molecule has 2 heteroatoms. The van der Waals surface area contributed by atoms with Crippen LogP contribution in [0.15, 0.2) is 12.3 Å². The summed E-state index contributed by atoms with van der Waals surface area (Å²) in [5.74, 6) is 0.494. The number of hydrogen-bond donors (Lipinski definition) is 2. The highest BCUT2D eigenvalue weighted by Crippen LogP contribution is 2.27. The van der Waals surface area contributed by atoms with Gasteiger partial charge in [0.15, 0.2) is 0 Å². The third-order valence-electron chi connectivity index (χ3n) is 3.49. The standard InChI is InChI=1S/C14H28N2/c1-11(16-10-9-14(2,3)4)12-7-5-6-8-13(12)15/h12-13,16H,1,5-10,15H2,2-4H3. The van der Waals surface area contributed by atoms with Crippen molar-refractivity contribution in [2.45, 2.75) is 58.9 Å². The van der Waals surface area contributed by atoms with Gasteiger partial charge in [-0.05, 0) is 24.7 Å². The molecule has 1 aliphatic rings. The second-order valence-corrected chi connectivity index (χ2v) is 6.32. The summed E-state index contributed by atoms with van der Waals surface area (Å²) in [6, 6.07) is 0.323. The predicted molar refractivity (Wildman–Crippen MR) is 71.1 cm³/mol. The monoisotopic (exact) mass is 224 g/mol. The van der Waals surface area contributed by atoms with Crippen molar-refractivity contribution in [1.29, 1.82) is 0 Å². The van der Waals surface area contributed by atoms with Gasteiger partial charge in [0.1, 0.15) is 0 Å². The van der Waals surface area contributed by atoms with Gasteiger partial charge in [-0.3, -0.25) is 0 Å². The Kier molecular flexibility index (Phi) is 4.85. The van der Waals surface area contributed by atoms with E-state index in [2.05, 4.69) is 32.7 Å². The lowest BCUT2D eigenvalue weighted by atomic mass is 9.83. The van der Waals surface area contributed by atoms with Gasteiger partial charge in [0, 0.05) is 24.2 Å². The maximum atomic E-state index is 6.14. The Balaban J connectivity index is 2.29. The molecular weight excluding hydrogens is 196 g/mol. The van der Waals surface area contributed by atoms with Crippen LogP contribution in [0.4, 0.5) is 0 Å². The Morgan fingerprint density at radius 1 is 1.31 bits per heavy atom. The van der Waals surface area contributed by atoms with Crippen LogP contribution in [0, 0.1) is 11.3 Å². The van der Waals surface area contributed by atoms with Gasteiger partial charge in [0.25, 0.3) is 0 Å². The highest BCUT2D eigenvalue weighted by molar-refractivity contribution is 5.03. The molecule has 0 radical (unpaired) electrons. The Morgan fingerprint density at radius 3 is 2.50 bits per heavy atom. The average molecular weight is 224 g/mol. The van der Waals surface area contributed by atoms with Crippen LogP contribution < -0.4 is 11.1 Å². The molecular formula is C14H28N2. The molecule has 0 bridgehead atoms. The first-order chi connectivity index (χ1) is 7.40. The lowest BCUT2D eigenvalue weighted by Gasteiger charge is -2.31. The van der Waals surface area contributed by atoms with E-state index in [0.29, 0.717) is 17.4 Å². The summed E-state index contributed by atoms with van der Waals surface area (Å²) in [6.45, 7) is 12.0. The van der Waals surface area contributed by atoms with E-state index in [-0.39, 0.29) is 0 Å². The maximum Gasteiger partial charge on any atom is 0.0148 e. The first kappa shape index (κ1) is 13.6. The zero-order valence-corrected chi connectivity index (χ0v) is 11.2. The second-order valence-electron chi connectivity index (χ2n) is 6.32. The molecule has 3 N–H and O–H groups in total. The van der Waals surface area contributed by atoms with Crippen LogP contribution in [0.1, 0.15) is 52.9 Å². The topological polar surface area (TPSA) is 38.0 Å². The molecule has 0 aromatic carbocycles. The van der Waals surface area contributed by atoms with Gasteiger partial charge >= 0.3 is 0 Å². The molecule has 0 saturated heterocycles. The summed E-state index contributed by atoms with van der Waals surface area (Å²) in [4.78, 5) is 0. The van der Waals surface area contributed by atoms with Gasteiger partial charge in [-0.1, -0.05) is 40.2 Å². The summed E-state index contributed by atoms with van der Waals surface area (Å²) >= 11 is 0. The van der Waals surface area contributed by atoms with Crippen molar-refractivity contribution in [3.8, 4) is 0 Å². The fraction of sp³-hybridized carbons (Fsp3) is 0.857. The minimum atomic E-state index is 0.323. The van der Waals surface area contributed by atoms with Gasteiger partial charge < -0.3 is 11.1 Å². The molecule has 94 valence electrons. The van der Waals surface area contributed by atoms with E-state index < -0.39 is 0 Å². The van der Waals surface area contributed by atoms with E-state index in [0.717, 1.165) is 18.7 Å². The summed E-state index contributed by atoms with van der Waals surface area (Å²) in [6.07, 6.45) is 6.13.